The summed E-state index contributed by atoms with van der Waals surface area (Å²) in [5.74, 6) is -0.120. The number of carbonyl (C=O) groups excluding carboxylic acids is 2. The third-order valence-corrected chi connectivity index (χ3v) is 3.68. The Labute approximate surface area is 108 Å². The maximum absolute atomic E-state index is 12.0. The molecule has 0 unspecified atom stereocenters. The van der Waals surface area contributed by atoms with Gasteiger partial charge in [-0.25, -0.2) is 0 Å². The van der Waals surface area contributed by atoms with E-state index in [0.717, 1.165) is 19.4 Å². The molecule has 0 spiro atoms. The molecule has 2 atom stereocenters. The lowest BCUT2D eigenvalue weighted by Gasteiger charge is -2.21. The summed E-state index contributed by atoms with van der Waals surface area (Å²) in [6, 6.07) is 0.175. The van der Waals surface area contributed by atoms with Crippen LogP contribution in [0.2, 0.25) is 0 Å². The second kappa shape index (κ2) is 5.69. The molecule has 102 valence electrons. The molecule has 5 heteroatoms. The van der Waals surface area contributed by atoms with E-state index in [-0.39, 0.29) is 29.9 Å². The third-order valence-electron chi connectivity index (χ3n) is 3.68. The van der Waals surface area contributed by atoms with Gasteiger partial charge in [0.05, 0.1) is 12.0 Å². The van der Waals surface area contributed by atoms with Crippen molar-refractivity contribution in [2.75, 3.05) is 19.7 Å². The van der Waals surface area contributed by atoms with Gasteiger partial charge in [-0.15, -0.1) is 0 Å². The molecule has 2 aliphatic heterocycles. The van der Waals surface area contributed by atoms with Gasteiger partial charge in [0.15, 0.2) is 0 Å². The normalized spacial score (nSPS) is 28.2. The number of amides is 2. The number of hydrogen-bond acceptors (Lipinski definition) is 3. The van der Waals surface area contributed by atoms with Crippen molar-refractivity contribution in [1.29, 1.82) is 0 Å². The summed E-state index contributed by atoms with van der Waals surface area (Å²) in [6.07, 6.45) is 2.59. The van der Waals surface area contributed by atoms with Crippen LogP contribution in [0.5, 0.6) is 0 Å². The first-order valence-corrected chi connectivity index (χ1v) is 6.76. The van der Waals surface area contributed by atoms with Crippen LogP contribution < -0.4 is 5.32 Å². The van der Waals surface area contributed by atoms with Gasteiger partial charge in [-0.3, -0.25) is 9.59 Å². The highest BCUT2D eigenvalue weighted by Gasteiger charge is 2.35. The van der Waals surface area contributed by atoms with E-state index in [4.69, 9.17) is 4.74 Å². The Bertz CT molecular complexity index is 324. The molecule has 2 amide bonds. The highest BCUT2D eigenvalue weighted by Crippen LogP contribution is 2.20. The van der Waals surface area contributed by atoms with E-state index in [9.17, 15) is 9.59 Å². The topological polar surface area (TPSA) is 58.6 Å². The lowest BCUT2D eigenvalue weighted by molar-refractivity contribution is -0.130. The van der Waals surface area contributed by atoms with E-state index in [1.54, 1.807) is 4.90 Å². The minimum atomic E-state index is -0.193. The molecule has 5 nitrogen and oxygen atoms in total. The van der Waals surface area contributed by atoms with Crippen LogP contribution in [0.3, 0.4) is 0 Å². The van der Waals surface area contributed by atoms with E-state index < -0.39 is 0 Å². The van der Waals surface area contributed by atoms with Gasteiger partial charge in [0, 0.05) is 32.2 Å². The molecule has 2 rings (SSSR count). The van der Waals surface area contributed by atoms with Gasteiger partial charge < -0.3 is 15.0 Å². The molecule has 2 fully saturated rings. The average molecular weight is 254 g/mol. The van der Waals surface area contributed by atoms with Gasteiger partial charge in [-0.1, -0.05) is 0 Å². The fraction of sp³-hybridized carbons (Fsp3) is 0.846. The fourth-order valence-electron chi connectivity index (χ4n) is 2.57. The van der Waals surface area contributed by atoms with Crippen LogP contribution in [0.25, 0.3) is 0 Å². The van der Waals surface area contributed by atoms with Crippen molar-refractivity contribution in [3.63, 3.8) is 0 Å². The van der Waals surface area contributed by atoms with E-state index in [0.29, 0.717) is 19.5 Å². The number of likely N-dealkylation sites (tertiary alicyclic amines) is 1. The smallest absolute Gasteiger partial charge is 0.225 e. The number of nitrogens with zero attached hydrogens (tertiary/aromatic N) is 1. The quantitative estimate of drug-likeness (QED) is 0.796. The number of hydrogen-bond donors (Lipinski definition) is 1. The van der Waals surface area contributed by atoms with Gasteiger partial charge in [0.25, 0.3) is 0 Å². The Hall–Kier alpha value is -1.10. The van der Waals surface area contributed by atoms with E-state index in [2.05, 4.69) is 5.32 Å². The number of ether oxygens (including phenoxy) is 1. The largest absolute Gasteiger partial charge is 0.376 e. The van der Waals surface area contributed by atoms with Crippen LogP contribution in [-0.4, -0.2) is 48.6 Å². The summed E-state index contributed by atoms with van der Waals surface area (Å²) in [4.78, 5) is 25.5. The highest BCUT2D eigenvalue weighted by atomic mass is 16.5. The Kier molecular flexibility index (Phi) is 4.22. The fourth-order valence-corrected chi connectivity index (χ4v) is 2.57. The number of rotatable bonds is 4. The average Bonchev–Trinajstić information content (AvgIpc) is 2.94. The third kappa shape index (κ3) is 3.02. The zero-order valence-electron chi connectivity index (χ0n) is 11.1. The van der Waals surface area contributed by atoms with E-state index >= 15 is 0 Å². The Morgan fingerprint density at radius 1 is 1.56 bits per heavy atom. The maximum Gasteiger partial charge on any atom is 0.225 e. The molecular weight excluding hydrogens is 232 g/mol. The van der Waals surface area contributed by atoms with Crippen molar-refractivity contribution < 1.29 is 14.3 Å². The first-order valence-electron chi connectivity index (χ1n) is 6.76. The van der Waals surface area contributed by atoms with E-state index in [1.807, 2.05) is 13.8 Å². The van der Waals surface area contributed by atoms with Gasteiger partial charge in [-0.05, 0) is 26.7 Å². The summed E-state index contributed by atoms with van der Waals surface area (Å²) in [6.45, 7) is 5.87. The summed E-state index contributed by atoms with van der Waals surface area (Å²) in [5.41, 5.74) is 0. The Morgan fingerprint density at radius 3 is 2.89 bits per heavy atom. The van der Waals surface area contributed by atoms with Gasteiger partial charge in [0.2, 0.25) is 11.8 Å². The molecule has 0 aliphatic carbocycles. The molecule has 0 radical (unpaired) electrons. The highest BCUT2D eigenvalue weighted by molar-refractivity contribution is 5.89. The SMILES string of the molecule is CC(C)N1C[C@H](C(=O)NC[C@@H]2CCCO2)CC1=O. The molecule has 1 N–H and O–H groups in total. The molecule has 0 bridgehead atoms. The van der Waals surface area contributed by atoms with Crippen LogP contribution in [-0.2, 0) is 14.3 Å². The van der Waals surface area contributed by atoms with Gasteiger partial charge >= 0.3 is 0 Å². The minimum absolute atomic E-state index is 0.0120. The standard InChI is InChI=1S/C13H22N2O3/c1-9(2)15-8-10(6-12(15)16)13(17)14-7-11-4-3-5-18-11/h9-11H,3-8H2,1-2H3,(H,14,17)/t10-,11+/m1/s1. The molecule has 18 heavy (non-hydrogen) atoms. The van der Waals surface area contributed by atoms with E-state index in [1.165, 1.54) is 0 Å². The zero-order chi connectivity index (χ0) is 13.1. The first-order chi connectivity index (χ1) is 8.58. The lowest BCUT2D eigenvalue weighted by atomic mass is 10.1. The predicted octanol–water partition coefficient (Wildman–Crippen LogP) is 0.538. The minimum Gasteiger partial charge on any atom is -0.376 e. The summed E-state index contributed by atoms with van der Waals surface area (Å²) < 4.78 is 5.45. The summed E-state index contributed by atoms with van der Waals surface area (Å²) in [5, 5.41) is 2.90. The Morgan fingerprint density at radius 2 is 2.33 bits per heavy atom. The van der Waals surface area contributed by atoms with Crippen molar-refractivity contribution in [2.45, 2.75) is 45.3 Å². The maximum atomic E-state index is 12.0. The molecule has 0 saturated carbocycles. The summed E-state index contributed by atoms with van der Waals surface area (Å²) >= 11 is 0. The van der Waals surface area contributed by atoms with Crippen molar-refractivity contribution in [2.24, 2.45) is 5.92 Å². The molecule has 0 aromatic rings. The Balaban J connectivity index is 1.77. The van der Waals surface area contributed by atoms with Crippen LogP contribution >= 0.6 is 0 Å². The number of carbonyl (C=O) groups is 2. The van der Waals surface area contributed by atoms with Gasteiger partial charge in [0.1, 0.15) is 0 Å². The number of nitrogens with one attached hydrogen (secondary N) is 1. The predicted molar refractivity (Wildman–Crippen MR) is 66.9 cm³/mol. The van der Waals surface area contributed by atoms with Crippen LogP contribution in [0.15, 0.2) is 0 Å². The molecule has 2 heterocycles. The molecule has 0 aromatic heterocycles. The molecule has 2 aliphatic rings. The molecule has 0 aromatic carbocycles. The second-order valence-electron chi connectivity index (χ2n) is 5.42. The summed E-state index contributed by atoms with van der Waals surface area (Å²) in [7, 11) is 0. The van der Waals surface area contributed by atoms with Crippen molar-refractivity contribution in [3.05, 3.63) is 0 Å². The van der Waals surface area contributed by atoms with Crippen molar-refractivity contribution in [1.82, 2.24) is 10.2 Å². The van der Waals surface area contributed by atoms with Crippen LogP contribution in [0.1, 0.15) is 33.1 Å². The van der Waals surface area contributed by atoms with Crippen molar-refractivity contribution >= 4 is 11.8 Å². The lowest BCUT2D eigenvalue weighted by Crippen LogP contribution is -2.38. The first kappa shape index (κ1) is 13.3. The zero-order valence-corrected chi connectivity index (χ0v) is 11.1. The monoisotopic (exact) mass is 254 g/mol. The van der Waals surface area contributed by atoms with Gasteiger partial charge in [-0.2, -0.15) is 0 Å². The molecule has 2 saturated heterocycles. The van der Waals surface area contributed by atoms with Crippen LogP contribution in [0.4, 0.5) is 0 Å². The van der Waals surface area contributed by atoms with Crippen LogP contribution in [0, 0.1) is 5.92 Å². The molecular formula is C13H22N2O3. The second-order valence-corrected chi connectivity index (χ2v) is 5.42. The van der Waals surface area contributed by atoms with Crippen molar-refractivity contribution in [3.8, 4) is 0 Å².